The minimum atomic E-state index is -0.343. The standard InChI is InChI=1S/C25H29F2NO/c1-2-14-28-23-11-12-24(28)17-18(16-23)13-15-29-25(19-3-7-21(26)8-4-19)20-5-9-22(27)10-6-20/h3-10,13,23-25H,2,11-12,14-17H2,1H3/t23-,24+. The van der Waals surface area contributed by atoms with Gasteiger partial charge in [-0.25, -0.2) is 8.78 Å². The molecule has 0 unspecified atom stereocenters. The Bertz CT molecular complexity index is 769. The highest BCUT2D eigenvalue weighted by Gasteiger charge is 2.37. The molecule has 0 N–H and O–H groups in total. The third-order valence-corrected chi connectivity index (χ3v) is 6.23. The van der Waals surface area contributed by atoms with Gasteiger partial charge in [0.1, 0.15) is 17.7 Å². The third kappa shape index (κ3) is 4.76. The number of hydrogen-bond donors (Lipinski definition) is 0. The molecule has 0 amide bonds. The van der Waals surface area contributed by atoms with Crippen molar-refractivity contribution in [3.63, 3.8) is 0 Å². The number of ether oxygens (including phenoxy) is 1. The molecule has 2 atom stereocenters. The Hall–Kier alpha value is -2.04. The van der Waals surface area contributed by atoms with Gasteiger partial charge >= 0.3 is 0 Å². The fourth-order valence-electron chi connectivity index (χ4n) is 4.85. The molecule has 0 spiro atoms. The monoisotopic (exact) mass is 397 g/mol. The van der Waals surface area contributed by atoms with Crippen LogP contribution in [0.15, 0.2) is 60.2 Å². The topological polar surface area (TPSA) is 12.5 Å². The van der Waals surface area contributed by atoms with E-state index in [1.54, 1.807) is 24.3 Å². The summed E-state index contributed by atoms with van der Waals surface area (Å²) in [6.45, 7) is 3.96. The van der Waals surface area contributed by atoms with Crippen LogP contribution in [-0.4, -0.2) is 30.1 Å². The van der Waals surface area contributed by atoms with Gasteiger partial charge in [0.05, 0.1) is 6.61 Å². The van der Waals surface area contributed by atoms with Gasteiger partial charge in [0, 0.05) is 12.1 Å². The Balaban J connectivity index is 1.45. The van der Waals surface area contributed by atoms with Crippen molar-refractivity contribution in [2.75, 3.05) is 13.2 Å². The Labute approximate surface area is 172 Å². The molecule has 29 heavy (non-hydrogen) atoms. The molecule has 0 aromatic heterocycles. The summed E-state index contributed by atoms with van der Waals surface area (Å²) in [5.41, 5.74) is 3.23. The second-order valence-electron chi connectivity index (χ2n) is 8.21. The van der Waals surface area contributed by atoms with Gasteiger partial charge in [0.15, 0.2) is 0 Å². The quantitative estimate of drug-likeness (QED) is 0.529. The fraction of sp³-hybridized carbons (Fsp3) is 0.440. The summed E-state index contributed by atoms with van der Waals surface area (Å²) in [6.07, 6.45) is 7.98. The van der Waals surface area contributed by atoms with Gasteiger partial charge in [-0.15, -0.1) is 0 Å². The predicted octanol–water partition coefficient (Wildman–Crippen LogP) is 6.03. The fourth-order valence-corrected chi connectivity index (χ4v) is 4.85. The highest BCUT2D eigenvalue weighted by atomic mass is 19.1. The van der Waals surface area contributed by atoms with E-state index in [0.29, 0.717) is 18.7 Å². The molecule has 0 saturated carbocycles. The summed E-state index contributed by atoms with van der Waals surface area (Å²) >= 11 is 0. The first kappa shape index (κ1) is 20.2. The third-order valence-electron chi connectivity index (χ3n) is 6.23. The molecule has 154 valence electrons. The highest BCUT2D eigenvalue weighted by Crippen LogP contribution is 2.38. The van der Waals surface area contributed by atoms with Crippen molar-refractivity contribution in [1.29, 1.82) is 0 Å². The average Bonchev–Trinajstić information content (AvgIpc) is 2.96. The normalized spacial score (nSPS) is 23.2. The Morgan fingerprint density at radius 2 is 1.45 bits per heavy atom. The van der Waals surface area contributed by atoms with Crippen molar-refractivity contribution in [2.45, 2.75) is 57.2 Å². The number of rotatable bonds is 7. The molecule has 2 saturated heterocycles. The molecular weight excluding hydrogens is 368 g/mol. The van der Waals surface area contributed by atoms with E-state index in [-0.39, 0.29) is 17.7 Å². The lowest BCUT2D eigenvalue weighted by molar-refractivity contribution is 0.102. The maximum atomic E-state index is 13.4. The second kappa shape index (κ2) is 9.19. The summed E-state index contributed by atoms with van der Waals surface area (Å²) in [7, 11) is 0. The van der Waals surface area contributed by atoms with Crippen LogP contribution in [-0.2, 0) is 4.74 Å². The van der Waals surface area contributed by atoms with Crippen LogP contribution in [0.2, 0.25) is 0 Å². The highest BCUT2D eigenvalue weighted by molar-refractivity contribution is 5.30. The summed E-state index contributed by atoms with van der Waals surface area (Å²) in [6, 6.07) is 14.1. The van der Waals surface area contributed by atoms with Crippen LogP contribution in [0, 0.1) is 11.6 Å². The van der Waals surface area contributed by atoms with Gasteiger partial charge in [0.25, 0.3) is 0 Å². The number of halogens is 2. The van der Waals surface area contributed by atoms with Crippen molar-refractivity contribution in [1.82, 2.24) is 4.90 Å². The molecule has 2 aromatic carbocycles. The lowest BCUT2D eigenvalue weighted by Gasteiger charge is -2.36. The van der Waals surface area contributed by atoms with Crippen molar-refractivity contribution in [3.05, 3.63) is 82.9 Å². The summed E-state index contributed by atoms with van der Waals surface area (Å²) in [5, 5.41) is 0. The van der Waals surface area contributed by atoms with Crippen LogP contribution in [0.3, 0.4) is 0 Å². The van der Waals surface area contributed by atoms with E-state index in [1.807, 2.05) is 0 Å². The van der Waals surface area contributed by atoms with E-state index < -0.39 is 0 Å². The number of hydrogen-bond acceptors (Lipinski definition) is 2. The van der Waals surface area contributed by atoms with E-state index in [4.69, 9.17) is 4.74 Å². The summed E-state index contributed by atoms with van der Waals surface area (Å²) in [4.78, 5) is 2.69. The van der Waals surface area contributed by atoms with Crippen LogP contribution in [0.4, 0.5) is 8.78 Å². The zero-order chi connectivity index (χ0) is 20.2. The predicted molar refractivity (Wildman–Crippen MR) is 112 cm³/mol. The number of piperidine rings is 1. The molecule has 2 fully saturated rings. The van der Waals surface area contributed by atoms with Crippen LogP contribution in [0.25, 0.3) is 0 Å². The molecule has 0 aliphatic carbocycles. The SMILES string of the molecule is CCCN1[C@@H]2CC[C@H]1CC(=CCOC(c1ccc(F)cc1)c1ccc(F)cc1)C2. The van der Waals surface area contributed by atoms with Gasteiger partial charge in [-0.05, 0) is 74.0 Å². The molecule has 2 heterocycles. The lowest BCUT2D eigenvalue weighted by Crippen LogP contribution is -2.40. The first-order valence-electron chi connectivity index (χ1n) is 10.7. The van der Waals surface area contributed by atoms with E-state index >= 15 is 0 Å². The molecule has 0 radical (unpaired) electrons. The number of nitrogens with zero attached hydrogens (tertiary/aromatic N) is 1. The Morgan fingerprint density at radius 3 is 1.93 bits per heavy atom. The van der Waals surface area contributed by atoms with Gasteiger partial charge in [-0.1, -0.05) is 42.8 Å². The van der Waals surface area contributed by atoms with Gasteiger partial charge in [-0.3, -0.25) is 4.90 Å². The van der Waals surface area contributed by atoms with Crippen LogP contribution < -0.4 is 0 Å². The minimum Gasteiger partial charge on any atom is -0.365 e. The smallest absolute Gasteiger partial charge is 0.123 e. The molecular formula is C25H29F2NO. The van der Waals surface area contributed by atoms with Crippen molar-refractivity contribution >= 4 is 0 Å². The van der Waals surface area contributed by atoms with Gasteiger partial charge < -0.3 is 4.74 Å². The van der Waals surface area contributed by atoms with E-state index in [1.165, 1.54) is 55.6 Å². The maximum Gasteiger partial charge on any atom is 0.123 e. The van der Waals surface area contributed by atoms with E-state index in [2.05, 4.69) is 17.9 Å². The summed E-state index contributed by atoms with van der Waals surface area (Å²) < 4.78 is 33.0. The summed E-state index contributed by atoms with van der Waals surface area (Å²) in [5.74, 6) is -0.550. The lowest BCUT2D eigenvalue weighted by atomic mass is 9.96. The Morgan fingerprint density at radius 1 is 0.931 bits per heavy atom. The molecule has 2 nitrogen and oxygen atoms in total. The van der Waals surface area contributed by atoms with E-state index in [0.717, 1.165) is 24.0 Å². The maximum absolute atomic E-state index is 13.4. The molecule has 2 aliphatic heterocycles. The van der Waals surface area contributed by atoms with Gasteiger partial charge in [-0.2, -0.15) is 0 Å². The van der Waals surface area contributed by atoms with Crippen LogP contribution in [0.1, 0.15) is 56.3 Å². The number of benzene rings is 2. The average molecular weight is 398 g/mol. The zero-order valence-electron chi connectivity index (χ0n) is 17.0. The van der Waals surface area contributed by atoms with Crippen molar-refractivity contribution in [2.24, 2.45) is 0 Å². The zero-order valence-corrected chi connectivity index (χ0v) is 17.0. The molecule has 2 aromatic rings. The van der Waals surface area contributed by atoms with Crippen LogP contribution >= 0.6 is 0 Å². The second-order valence-corrected chi connectivity index (χ2v) is 8.21. The molecule has 4 heteroatoms. The van der Waals surface area contributed by atoms with Crippen molar-refractivity contribution < 1.29 is 13.5 Å². The molecule has 4 rings (SSSR count). The first-order valence-corrected chi connectivity index (χ1v) is 10.7. The molecule has 2 bridgehead atoms. The number of fused-ring (bicyclic) bond motifs is 2. The van der Waals surface area contributed by atoms with E-state index in [9.17, 15) is 8.78 Å². The Kier molecular flexibility index (Phi) is 6.41. The van der Waals surface area contributed by atoms with Crippen LogP contribution in [0.5, 0.6) is 0 Å². The molecule has 2 aliphatic rings. The first-order chi connectivity index (χ1) is 14.1. The largest absolute Gasteiger partial charge is 0.365 e. The van der Waals surface area contributed by atoms with Gasteiger partial charge in [0.2, 0.25) is 0 Å². The van der Waals surface area contributed by atoms with Crippen molar-refractivity contribution in [3.8, 4) is 0 Å². The minimum absolute atomic E-state index is 0.275.